The van der Waals surface area contributed by atoms with Crippen molar-refractivity contribution in [3.05, 3.63) is 21.6 Å². The summed E-state index contributed by atoms with van der Waals surface area (Å²) in [6, 6.07) is 2.68. The smallest absolute Gasteiger partial charge is 0.135 e. The van der Waals surface area contributed by atoms with Gasteiger partial charge in [-0.1, -0.05) is 11.6 Å². The van der Waals surface area contributed by atoms with Crippen molar-refractivity contribution in [1.29, 1.82) is 0 Å². The first-order valence-corrected chi connectivity index (χ1v) is 3.65. The second kappa shape index (κ2) is 2.68. The van der Waals surface area contributed by atoms with Gasteiger partial charge in [0.1, 0.15) is 16.0 Å². The van der Waals surface area contributed by atoms with Gasteiger partial charge < -0.3 is 10.2 Å². The van der Waals surface area contributed by atoms with Crippen LogP contribution in [0.2, 0.25) is 5.02 Å². The lowest BCUT2D eigenvalue weighted by Gasteiger charge is -1.99. The van der Waals surface area contributed by atoms with Crippen molar-refractivity contribution < 1.29 is 10.2 Å². The molecule has 0 heterocycles. The van der Waals surface area contributed by atoms with Crippen LogP contribution in [0.25, 0.3) is 0 Å². The van der Waals surface area contributed by atoms with Crippen molar-refractivity contribution in [3.63, 3.8) is 0 Å². The molecule has 4 heteroatoms. The molecule has 0 bridgehead atoms. The Morgan fingerprint density at radius 1 is 1.20 bits per heavy atom. The number of halogens is 2. The molecule has 1 aromatic rings. The second-order valence-electron chi connectivity index (χ2n) is 1.76. The minimum atomic E-state index is -0.0648. The van der Waals surface area contributed by atoms with Crippen molar-refractivity contribution in [3.8, 4) is 11.5 Å². The van der Waals surface area contributed by atoms with Gasteiger partial charge in [0.25, 0.3) is 0 Å². The van der Waals surface area contributed by atoms with Crippen molar-refractivity contribution >= 4 is 27.5 Å². The molecule has 0 aliphatic carbocycles. The van der Waals surface area contributed by atoms with Crippen LogP contribution in [0.5, 0.6) is 11.5 Å². The minimum absolute atomic E-state index is 0.0648. The predicted octanol–water partition coefficient (Wildman–Crippen LogP) is 2.51. The Labute approximate surface area is 71.2 Å². The third-order valence-corrected chi connectivity index (χ3v) is 2.03. The maximum absolute atomic E-state index is 8.99. The number of phenolic OH excluding ortho intramolecular Hbond substituents is 2. The van der Waals surface area contributed by atoms with E-state index in [0.29, 0.717) is 5.02 Å². The Balaban J connectivity index is 3.31. The van der Waals surface area contributed by atoms with Gasteiger partial charge in [-0.15, -0.1) is 0 Å². The summed E-state index contributed by atoms with van der Waals surface area (Å²) >= 11 is 8.44. The lowest BCUT2D eigenvalue weighted by molar-refractivity contribution is 0.444. The number of phenols is 2. The van der Waals surface area contributed by atoms with Crippen LogP contribution in [-0.2, 0) is 0 Å². The molecule has 2 N–H and O–H groups in total. The number of rotatable bonds is 0. The van der Waals surface area contributed by atoms with E-state index in [4.69, 9.17) is 21.8 Å². The van der Waals surface area contributed by atoms with Gasteiger partial charge in [0.2, 0.25) is 0 Å². The van der Waals surface area contributed by atoms with Crippen molar-refractivity contribution in [2.45, 2.75) is 0 Å². The summed E-state index contributed by atoms with van der Waals surface area (Å²) in [6.07, 6.45) is 0. The lowest BCUT2D eigenvalue weighted by Crippen LogP contribution is -1.71. The monoisotopic (exact) mass is 222 g/mol. The van der Waals surface area contributed by atoms with Crippen LogP contribution in [0.1, 0.15) is 0 Å². The molecule has 0 aliphatic rings. The quantitative estimate of drug-likeness (QED) is 0.709. The van der Waals surface area contributed by atoms with Gasteiger partial charge >= 0.3 is 0 Å². The maximum Gasteiger partial charge on any atom is 0.135 e. The van der Waals surface area contributed by atoms with E-state index < -0.39 is 0 Å². The molecule has 1 rings (SSSR count). The van der Waals surface area contributed by atoms with Gasteiger partial charge in [-0.2, -0.15) is 0 Å². The van der Waals surface area contributed by atoms with Crippen LogP contribution in [0.3, 0.4) is 0 Å². The zero-order chi connectivity index (χ0) is 7.72. The highest BCUT2D eigenvalue weighted by Crippen LogP contribution is 2.35. The van der Waals surface area contributed by atoms with Gasteiger partial charge in [-0.25, -0.2) is 0 Å². The molecule has 54 valence electrons. The highest BCUT2D eigenvalue weighted by atomic mass is 79.9. The Morgan fingerprint density at radius 3 is 2.00 bits per heavy atom. The van der Waals surface area contributed by atoms with Crippen LogP contribution >= 0.6 is 27.5 Å². The van der Waals surface area contributed by atoms with Gasteiger partial charge in [-0.05, 0) is 28.1 Å². The summed E-state index contributed by atoms with van der Waals surface area (Å²) in [5, 5.41) is 18.3. The number of benzene rings is 1. The van der Waals surface area contributed by atoms with E-state index in [2.05, 4.69) is 15.9 Å². The normalized spacial score (nSPS) is 9.80. The molecule has 0 aliphatic heterocycles. The third kappa shape index (κ3) is 1.36. The Bertz CT molecular complexity index is 239. The minimum Gasteiger partial charge on any atom is -0.507 e. The zero-order valence-electron chi connectivity index (χ0n) is 4.81. The molecule has 0 spiro atoms. The van der Waals surface area contributed by atoms with Crippen LogP contribution < -0.4 is 0 Å². The summed E-state index contributed by atoms with van der Waals surface area (Å²) in [4.78, 5) is 0. The summed E-state index contributed by atoms with van der Waals surface area (Å²) < 4.78 is 0.261. The first-order chi connectivity index (χ1) is 4.61. The number of aromatic hydroxyl groups is 2. The number of hydrogen-bond donors (Lipinski definition) is 2. The maximum atomic E-state index is 8.99. The fourth-order valence-corrected chi connectivity index (χ4v) is 0.996. The van der Waals surface area contributed by atoms with Gasteiger partial charge in [0.05, 0.1) is 0 Å². The van der Waals surface area contributed by atoms with Crippen LogP contribution in [0.4, 0.5) is 0 Å². The van der Waals surface area contributed by atoms with E-state index in [-0.39, 0.29) is 16.0 Å². The van der Waals surface area contributed by atoms with E-state index in [1.165, 1.54) is 12.1 Å². The Hall–Kier alpha value is -0.410. The number of hydrogen-bond acceptors (Lipinski definition) is 2. The van der Waals surface area contributed by atoms with Crippen LogP contribution in [0.15, 0.2) is 16.6 Å². The molecular formula is C6H4BrClO2. The first kappa shape index (κ1) is 7.69. The molecule has 0 radical (unpaired) electrons. The highest BCUT2D eigenvalue weighted by molar-refractivity contribution is 9.10. The average Bonchev–Trinajstić information content (AvgIpc) is 1.82. The van der Waals surface area contributed by atoms with Gasteiger partial charge in [0, 0.05) is 5.02 Å². The summed E-state index contributed by atoms with van der Waals surface area (Å²) in [5.41, 5.74) is 0. The van der Waals surface area contributed by atoms with Gasteiger partial charge in [-0.3, -0.25) is 0 Å². The van der Waals surface area contributed by atoms with Crippen LogP contribution in [-0.4, -0.2) is 10.2 Å². The summed E-state index contributed by atoms with van der Waals surface area (Å²) in [7, 11) is 0. The van der Waals surface area contributed by atoms with Gasteiger partial charge in [0.15, 0.2) is 0 Å². The zero-order valence-corrected chi connectivity index (χ0v) is 7.15. The second-order valence-corrected chi connectivity index (χ2v) is 2.99. The molecular weight excluding hydrogens is 219 g/mol. The summed E-state index contributed by atoms with van der Waals surface area (Å²) in [5.74, 6) is -0.130. The largest absolute Gasteiger partial charge is 0.507 e. The molecule has 2 nitrogen and oxygen atoms in total. The predicted molar refractivity (Wildman–Crippen MR) is 42.5 cm³/mol. The highest BCUT2D eigenvalue weighted by Gasteiger charge is 2.04. The van der Waals surface area contributed by atoms with Crippen molar-refractivity contribution in [2.24, 2.45) is 0 Å². The SMILES string of the molecule is Oc1cc(Cl)cc(O)c1Br. The van der Waals surface area contributed by atoms with E-state index in [1.54, 1.807) is 0 Å². The van der Waals surface area contributed by atoms with E-state index in [9.17, 15) is 0 Å². The lowest BCUT2D eigenvalue weighted by atomic mass is 10.3. The molecule has 0 saturated heterocycles. The molecule has 0 amide bonds. The fourth-order valence-electron chi connectivity index (χ4n) is 0.561. The molecule has 0 aromatic heterocycles. The van der Waals surface area contributed by atoms with Crippen molar-refractivity contribution in [2.75, 3.05) is 0 Å². The molecule has 0 fully saturated rings. The molecule has 10 heavy (non-hydrogen) atoms. The molecule has 0 saturated carbocycles. The third-order valence-electron chi connectivity index (χ3n) is 0.999. The molecule has 0 atom stereocenters. The average molecular weight is 223 g/mol. The topological polar surface area (TPSA) is 40.5 Å². The van der Waals surface area contributed by atoms with Crippen molar-refractivity contribution in [1.82, 2.24) is 0 Å². The Kier molecular flexibility index (Phi) is 2.06. The molecule has 0 unspecified atom stereocenters. The first-order valence-electron chi connectivity index (χ1n) is 2.48. The van der Waals surface area contributed by atoms with Crippen LogP contribution in [0, 0.1) is 0 Å². The fraction of sp³-hybridized carbons (Fsp3) is 0. The van der Waals surface area contributed by atoms with E-state index in [1.807, 2.05) is 0 Å². The van der Waals surface area contributed by atoms with E-state index in [0.717, 1.165) is 0 Å². The summed E-state index contributed by atoms with van der Waals surface area (Å²) in [6.45, 7) is 0. The standard InChI is InChI=1S/C6H4BrClO2/c7-6-4(9)1-3(8)2-5(6)10/h1-2,9-10H. The van der Waals surface area contributed by atoms with E-state index >= 15 is 0 Å². The Morgan fingerprint density at radius 2 is 1.60 bits per heavy atom. The molecule has 1 aromatic carbocycles.